The van der Waals surface area contributed by atoms with Crippen molar-refractivity contribution in [2.45, 2.75) is 51.9 Å². The van der Waals surface area contributed by atoms with Crippen LogP contribution >= 0.6 is 0 Å². The first-order chi connectivity index (χ1) is 8.57. The van der Waals surface area contributed by atoms with Gasteiger partial charge in [0.05, 0.1) is 0 Å². The summed E-state index contributed by atoms with van der Waals surface area (Å²) >= 11 is 0. The zero-order valence-corrected chi connectivity index (χ0v) is 11.5. The van der Waals surface area contributed by atoms with Crippen LogP contribution in [0.5, 0.6) is 0 Å². The maximum Gasteiger partial charge on any atom is 0.113 e. The van der Waals surface area contributed by atoms with Gasteiger partial charge in [0.1, 0.15) is 7.85 Å². The van der Waals surface area contributed by atoms with Crippen molar-refractivity contribution in [3.05, 3.63) is 23.7 Å². The molecule has 4 fully saturated rings. The van der Waals surface area contributed by atoms with Gasteiger partial charge in [-0.3, -0.25) is 0 Å². The normalized spacial score (nSPS) is 53.6. The Hall–Kier alpha value is -0.455. The lowest BCUT2D eigenvalue weighted by molar-refractivity contribution is -0.120. The third-order valence-corrected chi connectivity index (χ3v) is 6.31. The molecular formula is C17H23B. The minimum absolute atomic E-state index is 0.631. The summed E-state index contributed by atoms with van der Waals surface area (Å²) in [7, 11) is 5.89. The van der Waals surface area contributed by atoms with Crippen molar-refractivity contribution >= 4 is 7.85 Å². The Morgan fingerprint density at radius 2 is 1.89 bits per heavy atom. The van der Waals surface area contributed by atoms with Crippen LogP contribution in [0.25, 0.3) is 0 Å². The Bertz CT molecular complexity index is 417. The second kappa shape index (κ2) is 3.55. The Balaban J connectivity index is 1.66. The van der Waals surface area contributed by atoms with Crippen molar-refractivity contribution in [3.63, 3.8) is 0 Å². The smallest absolute Gasteiger partial charge is 0.101 e. The van der Waals surface area contributed by atoms with Crippen molar-refractivity contribution in [1.29, 1.82) is 0 Å². The van der Waals surface area contributed by atoms with Gasteiger partial charge in [0.15, 0.2) is 0 Å². The van der Waals surface area contributed by atoms with Crippen molar-refractivity contribution < 1.29 is 0 Å². The van der Waals surface area contributed by atoms with Crippen LogP contribution in [0.15, 0.2) is 23.7 Å². The molecule has 1 heteroatoms. The second-order valence-corrected chi connectivity index (χ2v) is 8.04. The van der Waals surface area contributed by atoms with Crippen LogP contribution in [-0.2, 0) is 0 Å². The van der Waals surface area contributed by atoms with E-state index in [1.807, 2.05) is 0 Å². The van der Waals surface area contributed by atoms with Gasteiger partial charge in [0, 0.05) is 0 Å². The van der Waals surface area contributed by atoms with Crippen molar-refractivity contribution in [1.82, 2.24) is 0 Å². The standard InChI is InChI=1S/C17H23B/c1-16-7-12-6-13(8-16)10-17(9-12,11-16)14-2-4-15(18)5-3-14/h2,4-5,12-14H,3,6-11H2,1H3. The second-order valence-electron chi connectivity index (χ2n) is 8.04. The first-order valence-electron chi connectivity index (χ1n) is 7.71. The Kier molecular flexibility index (Phi) is 2.25. The van der Waals surface area contributed by atoms with Gasteiger partial charge in [0.25, 0.3) is 0 Å². The van der Waals surface area contributed by atoms with E-state index >= 15 is 0 Å². The summed E-state index contributed by atoms with van der Waals surface area (Å²) in [5.41, 5.74) is 2.28. The van der Waals surface area contributed by atoms with Crippen molar-refractivity contribution in [2.75, 3.05) is 0 Å². The molecule has 0 aromatic carbocycles. The van der Waals surface area contributed by atoms with E-state index in [0.29, 0.717) is 10.8 Å². The van der Waals surface area contributed by atoms with Gasteiger partial charge in [-0.25, -0.2) is 0 Å². The highest BCUT2D eigenvalue weighted by molar-refractivity contribution is 6.23. The molecule has 0 N–H and O–H groups in total. The Morgan fingerprint density at radius 3 is 2.44 bits per heavy atom. The number of rotatable bonds is 1. The van der Waals surface area contributed by atoms with E-state index < -0.39 is 0 Å². The molecule has 0 saturated heterocycles. The lowest BCUT2D eigenvalue weighted by atomic mass is 9.42. The van der Waals surface area contributed by atoms with E-state index in [4.69, 9.17) is 7.85 Å². The molecule has 94 valence electrons. The highest BCUT2D eigenvalue weighted by Crippen LogP contribution is 2.68. The lowest BCUT2D eigenvalue weighted by Gasteiger charge is -2.63. The molecule has 3 unspecified atom stereocenters. The maximum atomic E-state index is 5.89. The molecule has 5 aliphatic rings. The molecule has 0 amide bonds. The van der Waals surface area contributed by atoms with E-state index in [2.05, 4.69) is 25.2 Å². The average molecular weight is 238 g/mol. The molecule has 4 saturated carbocycles. The van der Waals surface area contributed by atoms with Crippen LogP contribution in [0.3, 0.4) is 0 Å². The molecule has 0 nitrogen and oxygen atoms in total. The summed E-state index contributed by atoms with van der Waals surface area (Å²) in [6.45, 7) is 2.57. The van der Waals surface area contributed by atoms with Gasteiger partial charge >= 0.3 is 0 Å². The summed E-state index contributed by atoms with van der Waals surface area (Å²) in [6, 6.07) is 0. The first kappa shape index (κ1) is 11.4. The fourth-order valence-electron chi connectivity index (χ4n) is 6.32. The predicted octanol–water partition coefficient (Wildman–Crippen LogP) is 4.22. The third kappa shape index (κ3) is 1.59. The van der Waals surface area contributed by atoms with Crippen LogP contribution in [0, 0.1) is 28.6 Å². The quantitative estimate of drug-likeness (QED) is 0.600. The molecular weight excluding hydrogens is 215 g/mol. The zero-order chi connectivity index (χ0) is 12.4. The molecule has 0 aromatic rings. The van der Waals surface area contributed by atoms with E-state index in [9.17, 15) is 0 Å². The maximum absolute atomic E-state index is 5.89. The first-order valence-corrected chi connectivity index (χ1v) is 7.71. The minimum atomic E-state index is 0.631. The van der Waals surface area contributed by atoms with Gasteiger partial charge < -0.3 is 0 Å². The van der Waals surface area contributed by atoms with Crippen LogP contribution in [0.1, 0.15) is 51.9 Å². The molecule has 5 rings (SSSR count). The third-order valence-electron chi connectivity index (χ3n) is 6.31. The molecule has 0 spiro atoms. The van der Waals surface area contributed by atoms with Crippen molar-refractivity contribution in [3.8, 4) is 0 Å². The monoisotopic (exact) mass is 238 g/mol. The lowest BCUT2D eigenvalue weighted by Crippen LogP contribution is -2.53. The molecule has 0 heterocycles. The van der Waals surface area contributed by atoms with Crippen molar-refractivity contribution in [2.24, 2.45) is 28.6 Å². The molecule has 0 aliphatic heterocycles. The summed E-state index contributed by atoms with van der Waals surface area (Å²) in [4.78, 5) is 0. The average Bonchev–Trinajstić information content (AvgIpc) is 2.26. The Morgan fingerprint density at radius 1 is 1.17 bits per heavy atom. The van der Waals surface area contributed by atoms with E-state index in [1.54, 1.807) is 0 Å². The fraction of sp³-hybridized carbons (Fsp3) is 0.765. The summed E-state index contributed by atoms with van der Waals surface area (Å²) in [6.07, 6.45) is 17.1. The summed E-state index contributed by atoms with van der Waals surface area (Å²) in [5, 5.41) is 0. The number of hydrogen-bond acceptors (Lipinski definition) is 0. The molecule has 5 aliphatic carbocycles. The van der Waals surface area contributed by atoms with E-state index in [-0.39, 0.29) is 0 Å². The fourth-order valence-corrected chi connectivity index (χ4v) is 6.32. The number of hydrogen-bond donors (Lipinski definition) is 0. The molecule has 3 atom stereocenters. The highest BCUT2D eigenvalue weighted by Gasteiger charge is 2.57. The van der Waals surface area contributed by atoms with Gasteiger partial charge in [-0.15, -0.1) is 5.47 Å². The zero-order valence-electron chi connectivity index (χ0n) is 11.5. The molecule has 18 heavy (non-hydrogen) atoms. The summed E-state index contributed by atoms with van der Waals surface area (Å²) in [5.74, 6) is 2.84. The van der Waals surface area contributed by atoms with Gasteiger partial charge in [0.2, 0.25) is 0 Å². The predicted molar refractivity (Wildman–Crippen MR) is 76.3 cm³/mol. The van der Waals surface area contributed by atoms with Crippen LogP contribution in [-0.4, -0.2) is 7.85 Å². The molecule has 0 aromatic heterocycles. The topological polar surface area (TPSA) is 0 Å². The van der Waals surface area contributed by atoms with E-state index in [0.717, 1.165) is 23.2 Å². The van der Waals surface area contributed by atoms with Gasteiger partial charge in [-0.05, 0) is 73.5 Å². The van der Waals surface area contributed by atoms with E-state index in [1.165, 1.54) is 44.9 Å². The van der Waals surface area contributed by atoms with Gasteiger partial charge in [-0.1, -0.05) is 25.2 Å². The highest BCUT2D eigenvalue weighted by atomic mass is 14.6. The Labute approximate surface area is 112 Å². The minimum Gasteiger partial charge on any atom is -0.101 e. The van der Waals surface area contributed by atoms with Crippen LogP contribution < -0.4 is 0 Å². The van der Waals surface area contributed by atoms with Crippen LogP contribution in [0.2, 0.25) is 0 Å². The molecule has 4 bridgehead atoms. The van der Waals surface area contributed by atoms with Gasteiger partial charge in [-0.2, -0.15) is 0 Å². The molecule has 2 radical (unpaired) electrons. The largest absolute Gasteiger partial charge is 0.113 e. The van der Waals surface area contributed by atoms with Crippen LogP contribution in [0.4, 0.5) is 0 Å². The SMILES string of the molecule is [B]C1=CCC(C23CC4CC(CC(C)(C4)C2)C3)C=C1. The number of allylic oxidation sites excluding steroid dienone is 4. The summed E-state index contributed by atoms with van der Waals surface area (Å²) < 4.78 is 0.